The lowest BCUT2D eigenvalue weighted by Gasteiger charge is -2.02. The summed E-state index contributed by atoms with van der Waals surface area (Å²) >= 11 is 2.90. The Morgan fingerprint density at radius 3 is 3.28 bits per heavy atom. The van der Waals surface area contributed by atoms with E-state index >= 15 is 0 Å². The van der Waals surface area contributed by atoms with Crippen molar-refractivity contribution in [3.8, 4) is 0 Å². The van der Waals surface area contributed by atoms with Crippen LogP contribution in [-0.4, -0.2) is 34.2 Å². The van der Waals surface area contributed by atoms with E-state index in [1.54, 1.807) is 6.08 Å². The summed E-state index contributed by atoms with van der Waals surface area (Å²) in [5.41, 5.74) is 0. The predicted molar refractivity (Wildman–Crippen MR) is 74.0 cm³/mol. The number of nitrogens with zero attached hydrogens (tertiary/aromatic N) is 2. The van der Waals surface area contributed by atoms with Crippen molar-refractivity contribution in [1.29, 1.82) is 0 Å². The topological polar surface area (TPSA) is 64.1 Å². The summed E-state index contributed by atoms with van der Waals surface area (Å²) in [7, 11) is 0. The number of amides is 1. The molecule has 1 aliphatic heterocycles. The van der Waals surface area contributed by atoms with Crippen molar-refractivity contribution in [2.24, 2.45) is 0 Å². The lowest BCUT2D eigenvalue weighted by atomic mass is 10.2. The molecule has 1 fully saturated rings. The Hall–Kier alpha value is -0.920. The molecule has 1 unspecified atom stereocenters. The molecule has 98 valence electrons. The molecule has 1 atom stereocenters. The van der Waals surface area contributed by atoms with Crippen molar-refractivity contribution in [2.75, 3.05) is 23.4 Å². The van der Waals surface area contributed by atoms with Gasteiger partial charge >= 0.3 is 0 Å². The number of nitrogens with one attached hydrogen (secondary N) is 1. The minimum absolute atomic E-state index is 0.0584. The predicted octanol–water partition coefficient (Wildman–Crippen LogP) is 2.25. The van der Waals surface area contributed by atoms with Crippen LogP contribution in [-0.2, 0) is 9.53 Å². The van der Waals surface area contributed by atoms with E-state index in [2.05, 4.69) is 22.1 Å². The van der Waals surface area contributed by atoms with Gasteiger partial charge in [0.2, 0.25) is 11.0 Å². The number of ether oxygens (including phenoxy) is 1. The van der Waals surface area contributed by atoms with E-state index in [0.717, 1.165) is 30.2 Å². The number of carbonyl (C=O) groups is 1. The molecular formula is C11H15N3O2S2. The summed E-state index contributed by atoms with van der Waals surface area (Å²) in [4.78, 5) is 11.6. The minimum atomic E-state index is -0.0584. The zero-order valence-corrected chi connectivity index (χ0v) is 11.6. The first-order valence-corrected chi connectivity index (χ1v) is 7.70. The van der Waals surface area contributed by atoms with Crippen LogP contribution < -0.4 is 5.32 Å². The third-order valence-corrected chi connectivity index (χ3v) is 4.23. The van der Waals surface area contributed by atoms with Crippen LogP contribution >= 0.6 is 23.1 Å². The third-order valence-electron chi connectivity index (χ3n) is 2.36. The van der Waals surface area contributed by atoms with Gasteiger partial charge in [-0.1, -0.05) is 17.4 Å². The molecule has 5 nitrogen and oxygen atoms in total. The van der Waals surface area contributed by atoms with Crippen LogP contribution in [0.4, 0.5) is 5.13 Å². The first-order valence-electron chi connectivity index (χ1n) is 5.73. The van der Waals surface area contributed by atoms with Gasteiger partial charge in [0.25, 0.3) is 0 Å². The summed E-state index contributed by atoms with van der Waals surface area (Å²) in [6.07, 6.45) is 3.88. The fourth-order valence-corrected chi connectivity index (χ4v) is 2.96. The highest BCUT2D eigenvalue weighted by Gasteiger charge is 2.22. The van der Waals surface area contributed by atoms with Gasteiger partial charge in [-0.25, -0.2) is 0 Å². The Morgan fingerprint density at radius 2 is 2.56 bits per heavy atom. The molecule has 7 heteroatoms. The molecule has 2 heterocycles. The molecular weight excluding hydrogens is 270 g/mol. The maximum atomic E-state index is 11.6. The minimum Gasteiger partial charge on any atom is -0.371 e. The molecule has 0 saturated carbocycles. The molecule has 1 amide bonds. The summed E-state index contributed by atoms with van der Waals surface area (Å²) in [5, 5.41) is 12.1. The Kier molecular flexibility index (Phi) is 5.15. The Balaban J connectivity index is 1.82. The molecule has 0 spiro atoms. The highest BCUT2D eigenvalue weighted by molar-refractivity contribution is 8.00. The fraction of sp³-hybridized carbons (Fsp3) is 0.545. The summed E-state index contributed by atoms with van der Waals surface area (Å²) in [6, 6.07) is 0. The second-order valence-corrected chi connectivity index (χ2v) is 5.84. The zero-order chi connectivity index (χ0) is 12.8. The quantitative estimate of drug-likeness (QED) is 0.641. The van der Waals surface area contributed by atoms with E-state index in [1.165, 1.54) is 23.1 Å². The normalized spacial score (nSPS) is 18.8. The Labute approximate surface area is 114 Å². The van der Waals surface area contributed by atoms with Crippen LogP contribution in [0.1, 0.15) is 24.0 Å². The van der Waals surface area contributed by atoms with Crippen molar-refractivity contribution in [1.82, 2.24) is 10.2 Å². The van der Waals surface area contributed by atoms with Crippen LogP contribution in [0.3, 0.4) is 0 Å². The smallest absolute Gasteiger partial charge is 0.236 e. The van der Waals surface area contributed by atoms with Crippen LogP contribution in [0.15, 0.2) is 12.7 Å². The van der Waals surface area contributed by atoms with Gasteiger partial charge < -0.3 is 4.74 Å². The van der Waals surface area contributed by atoms with Crippen molar-refractivity contribution in [3.63, 3.8) is 0 Å². The number of anilines is 1. The summed E-state index contributed by atoms with van der Waals surface area (Å²) in [5.74, 6) is 1.11. The molecule has 2 rings (SSSR count). The SMILES string of the molecule is C=CCSCC(=O)Nc1nnc(C2CCCO2)s1. The highest BCUT2D eigenvalue weighted by atomic mass is 32.2. The number of hydrogen-bond donors (Lipinski definition) is 1. The maximum Gasteiger partial charge on any atom is 0.236 e. The molecule has 1 saturated heterocycles. The van der Waals surface area contributed by atoms with Crippen molar-refractivity contribution in [3.05, 3.63) is 17.7 Å². The van der Waals surface area contributed by atoms with Crippen LogP contribution in [0.5, 0.6) is 0 Å². The van der Waals surface area contributed by atoms with Crippen LogP contribution in [0, 0.1) is 0 Å². The number of carbonyl (C=O) groups excluding carboxylic acids is 1. The van der Waals surface area contributed by atoms with Gasteiger partial charge in [-0.2, -0.15) is 0 Å². The van der Waals surface area contributed by atoms with E-state index in [4.69, 9.17) is 4.74 Å². The molecule has 1 aliphatic rings. The monoisotopic (exact) mass is 285 g/mol. The number of thioether (sulfide) groups is 1. The van der Waals surface area contributed by atoms with Gasteiger partial charge in [-0.15, -0.1) is 28.5 Å². The van der Waals surface area contributed by atoms with Crippen LogP contribution in [0.25, 0.3) is 0 Å². The van der Waals surface area contributed by atoms with Crippen molar-refractivity contribution < 1.29 is 9.53 Å². The molecule has 0 bridgehead atoms. The van der Waals surface area contributed by atoms with Crippen molar-refractivity contribution in [2.45, 2.75) is 18.9 Å². The number of rotatable bonds is 6. The van der Waals surface area contributed by atoms with Gasteiger partial charge in [0.05, 0.1) is 5.75 Å². The Morgan fingerprint density at radius 1 is 1.67 bits per heavy atom. The van der Waals surface area contributed by atoms with Gasteiger partial charge in [-0.05, 0) is 12.8 Å². The molecule has 1 N–H and O–H groups in total. The number of hydrogen-bond acceptors (Lipinski definition) is 6. The van der Waals surface area contributed by atoms with Gasteiger partial charge in [0.1, 0.15) is 11.1 Å². The zero-order valence-electron chi connectivity index (χ0n) is 9.92. The van der Waals surface area contributed by atoms with E-state index in [9.17, 15) is 4.79 Å². The van der Waals surface area contributed by atoms with Crippen LogP contribution in [0.2, 0.25) is 0 Å². The van der Waals surface area contributed by atoms with Gasteiger partial charge in [0.15, 0.2) is 0 Å². The molecule has 0 aromatic carbocycles. The molecule has 0 aliphatic carbocycles. The molecule has 0 radical (unpaired) electrons. The molecule has 1 aromatic rings. The fourth-order valence-electron chi connectivity index (χ4n) is 1.58. The Bertz CT molecular complexity index is 416. The maximum absolute atomic E-state index is 11.6. The van der Waals surface area contributed by atoms with Gasteiger partial charge in [-0.3, -0.25) is 10.1 Å². The van der Waals surface area contributed by atoms with E-state index in [1.807, 2.05) is 0 Å². The highest BCUT2D eigenvalue weighted by Crippen LogP contribution is 2.31. The number of aromatic nitrogens is 2. The average molecular weight is 285 g/mol. The first kappa shape index (κ1) is 13.5. The third kappa shape index (κ3) is 3.79. The first-order chi connectivity index (χ1) is 8.79. The molecule has 1 aromatic heterocycles. The molecule has 18 heavy (non-hydrogen) atoms. The largest absolute Gasteiger partial charge is 0.371 e. The van der Waals surface area contributed by atoms with E-state index < -0.39 is 0 Å². The lowest BCUT2D eigenvalue weighted by Crippen LogP contribution is -2.13. The second-order valence-electron chi connectivity index (χ2n) is 3.80. The lowest BCUT2D eigenvalue weighted by molar-refractivity contribution is -0.113. The van der Waals surface area contributed by atoms with Crippen molar-refractivity contribution >= 4 is 34.1 Å². The summed E-state index contributed by atoms with van der Waals surface area (Å²) < 4.78 is 5.52. The van der Waals surface area contributed by atoms with E-state index in [0.29, 0.717) is 10.9 Å². The van der Waals surface area contributed by atoms with Gasteiger partial charge in [0, 0.05) is 12.4 Å². The second kappa shape index (κ2) is 6.86. The average Bonchev–Trinajstić information content (AvgIpc) is 2.98. The van der Waals surface area contributed by atoms with E-state index in [-0.39, 0.29) is 12.0 Å². The standard InChI is InChI=1S/C11H15N3O2S2/c1-2-6-17-7-9(15)12-11-14-13-10(18-11)8-4-3-5-16-8/h2,8H,1,3-7H2,(H,12,14,15). The summed E-state index contributed by atoms with van der Waals surface area (Å²) in [6.45, 7) is 4.38.